The van der Waals surface area contributed by atoms with Gasteiger partial charge in [-0.2, -0.15) is 22.0 Å². The molecule has 0 amide bonds. The second-order valence-corrected chi connectivity index (χ2v) is 8.00. The molecule has 4 saturated carbocycles. The lowest BCUT2D eigenvalue weighted by Gasteiger charge is -2.60. The third-order valence-corrected chi connectivity index (χ3v) is 5.54. The molecular formula is C16H19F5O4. The average molecular weight is 370 g/mol. The van der Waals surface area contributed by atoms with Crippen LogP contribution in [0.5, 0.6) is 0 Å². The van der Waals surface area contributed by atoms with Gasteiger partial charge in [0.1, 0.15) is 5.60 Å². The molecule has 142 valence electrons. The van der Waals surface area contributed by atoms with Gasteiger partial charge in [-0.15, -0.1) is 0 Å². The van der Waals surface area contributed by atoms with Crippen LogP contribution in [0.2, 0.25) is 0 Å². The van der Waals surface area contributed by atoms with Gasteiger partial charge in [0.15, 0.2) is 0 Å². The smallest absolute Gasteiger partial charge is 0.461 e. The van der Waals surface area contributed by atoms with E-state index in [0.29, 0.717) is 32.6 Å². The third-order valence-electron chi connectivity index (χ3n) is 5.54. The Morgan fingerprint density at radius 1 is 1.00 bits per heavy atom. The summed E-state index contributed by atoms with van der Waals surface area (Å²) < 4.78 is 73.3. The molecule has 0 aromatic rings. The summed E-state index contributed by atoms with van der Waals surface area (Å²) in [6.45, 7) is 0.148. The number of carbonyl (C=O) groups excluding carboxylic acids is 2. The van der Waals surface area contributed by atoms with Crippen LogP contribution in [0.4, 0.5) is 22.0 Å². The highest BCUT2D eigenvalue weighted by Crippen LogP contribution is 2.63. The van der Waals surface area contributed by atoms with Gasteiger partial charge < -0.3 is 9.47 Å². The van der Waals surface area contributed by atoms with Gasteiger partial charge in [0.25, 0.3) is 0 Å². The van der Waals surface area contributed by atoms with Gasteiger partial charge in [-0.1, -0.05) is 0 Å². The van der Waals surface area contributed by atoms with Gasteiger partial charge in [-0.05, 0) is 50.4 Å². The van der Waals surface area contributed by atoms with Crippen LogP contribution < -0.4 is 0 Å². The molecule has 0 aromatic heterocycles. The standard InChI is InChI=1S/C16H19F5O4/c1-13(17,18)11(22)24-8-14-3-9-2-10(4-14)6-15(5-9,7-14)25-12(23)16(19,20)21/h9-10H,2-8H2,1H3. The lowest BCUT2D eigenvalue weighted by molar-refractivity contribution is -0.242. The molecule has 4 nitrogen and oxygen atoms in total. The number of ether oxygens (including phenoxy) is 2. The predicted molar refractivity (Wildman–Crippen MR) is 73.6 cm³/mol. The van der Waals surface area contributed by atoms with Crippen LogP contribution in [0, 0.1) is 17.3 Å². The van der Waals surface area contributed by atoms with Crippen molar-refractivity contribution in [1.29, 1.82) is 0 Å². The van der Waals surface area contributed by atoms with Crippen LogP contribution in [-0.2, 0) is 19.1 Å². The number of carbonyl (C=O) groups is 2. The molecule has 0 spiro atoms. The van der Waals surface area contributed by atoms with Crippen molar-refractivity contribution in [1.82, 2.24) is 0 Å². The Morgan fingerprint density at radius 3 is 2.04 bits per heavy atom. The largest absolute Gasteiger partial charge is 0.490 e. The number of rotatable bonds is 4. The van der Waals surface area contributed by atoms with Crippen molar-refractivity contribution in [3.05, 3.63) is 0 Å². The zero-order valence-electron chi connectivity index (χ0n) is 13.6. The summed E-state index contributed by atoms with van der Waals surface area (Å²) in [6.07, 6.45) is -2.32. The lowest BCUT2D eigenvalue weighted by Crippen LogP contribution is -2.59. The third kappa shape index (κ3) is 3.60. The minimum absolute atomic E-state index is 0.0446. The Balaban J connectivity index is 1.75. The summed E-state index contributed by atoms with van der Waals surface area (Å²) in [5.41, 5.74) is -1.94. The maximum atomic E-state index is 13.0. The van der Waals surface area contributed by atoms with Crippen LogP contribution in [0.1, 0.15) is 45.4 Å². The van der Waals surface area contributed by atoms with Crippen LogP contribution in [0.3, 0.4) is 0 Å². The number of hydrogen-bond donors (Lipinski definition) is 0. The van der Waals surface area contributed by atoms with Crippen LogP contribution in [0.15, 0.2) is 0 Å². The highest BCUT2D eigenvalue weighted by atomic mass is 19.4. The maximum absolute atomic E-state index is 13.0. The second kappa shape index (κ2) is 5.54. The van der Waals surface area contributed by atoms with Crippen LogP contribution in [-0.4, -0.2) is 36.2 Å². The Bertz CT molecular complexity index is 566. The van der Waals surface area contributed by atoms with Crippen molar-refractivity contribution in [2.75, 3.05) is 6.61 Å². The van der Waals surface area contributed by atoms with E-state index < -0.39 is 35.1 Å². The highest BCUT2D eigenvalue weighted by molar-refractivity contribution is 5.77. The highest BCUT2D eigenvalue weighted by Gasteiger charge is 2.61. The summed E-state index contributed by atoms with van der Waals surface area (Å²) in [5.74, 6) is -7.40. The van der Waals surface area contributed by atoms with E-state index in [9.17, 15) is 31.5 Å². The Labute approximate surface area is 141 Å². The molecule has 0 saturated heterocycles. The molecule has 2 unspecified atom stereocenters. The van der Waals surface area contributed by atoms with E-state index in [2.05, 4.69) is 0 Å². The molecule has 4 fully saturated rings. The van der Waals surface area contributed by atoms with E-state index in [0.717, 1.165) is 6.42 Å². The lowest BCUT2D eigenvalue weighted by atomic mass is 9.48. The second-order valence-electron chi connectivity index (χ2n) is 8.00. The summed E-state index contributed by atoms with van der Waals surface area (Å²) >= 11 is 0. The molecule has 0 aliphatic heterocycles. The normalized spacial score (nSPS) is 37.0. The van der Waals surface area contributed by atoms with E-state index in [1.807, 2.05) is 0 Å². The predicted octanol–water partition coefficient (Wildman–Crippen LogP) is 3.63. The van der Waals surface area contributed by atoms with Crippen molar-refractivity contribution in [3.63, 3.8) is 0 Å². The van der Waals surface area contributed by atoms with Crippen molar-refractivity contribution in [3.8, 4) is 0 Å². The zero-order chi connectivity index (χ0) is 18.7. The topological polar surface area (TPSA) is 52.6 Å². The van der Waals surface area contributed by atoms with E-state index in [4.69, 9.17) is 9.47 Å². The number of hydrogen-bond acceptors (Lipinski definition) is 4. The van der Waals surface area contributed by atoms with Crippen LogP contribution >= 0.6 is 0 Å². The summed E-state index contributed by atoms with van der Waals surface area (Å²) in [4.78, 5) is 22.7. The van der Waals surface area contributed by atoms with Gasteiger partial charge in [-0.25, -0.2) is 9.59 Å². The Morgan fingerprint density at radius 2 is 1.56 bits per heavy atom. The van der Waals surface area contributed by atoms with Crippen LogP contribution in [0.25, 0.3) is 0 Å². The van der Waals surface area contributed by atoms with E-state index in [1.54, 1.807) is 0 Å². The van der Waals surface area contributed by atoms with E-state index in [-0.39, 0.29) is 24.9 Å². The van der Waals surface area contributed by atoms with Crippen molar-refractivity contribution >= 4 is 11.9 Å². The van der Waals surface area contributed by atoms with Gasteiger partial charge in [-0.3, -0.25) is 0 Å². The first-order valence-corrected chi connectivity index (χ1v) is 8.18. The average Bonchev–Trinajstić information content (AvgIpc) is 2.40. The fourth-order valence-electron chi connectivity index (χ4n) is 5.25. The first kappa shape index (κ1) is 18.4. The molecule has 25 heavy (non-hydrogen) atoms. The maximum Gasteiger partial charge on any atom is 0.490 e. The molecule has 0 radical (unpaired) electrons. The van der Waals surface area contributed by atoms with Gasteiger partial charge in [0.2, 0.25) is 0 Å². The van der Waals surface area contributed by atoms with Crippen molar-refractivity contribution in [2.24, 2.45) is 17.3 Å². The number of halogens is 5. The minimum Gasteiger partial charge on any atom is -0.461 e. The summed E-state index contributed by atoms with van der Waals surface area (Å²) in [7, 11) is 0. The molecule has 2 atom stereocenters. The van der Waals surface area contributed by atoms with E-state index >= 15 is 0 Å². The van der Waals surface area contributed by atoms with E-state index in [1.165, 1.54) is 0 Å². The molecule has 4 bridgehead atoms. The quantitative estimate of drug-likeness (QED) is 0.560. The zero-order valence-corrected chi connectivity index (χ0v) is 13.6. The van der Waals surface area contributed by atoms with Crippen molar-refractivity contribution < 1.29 is 41.0 Å². The fourth-order valence-corrected chi connectivity index (χ4v) is 5.25. The molecule has 0 N–H and O–H groups in total. The molecule has 4 aliphatic rings. The Kier molecular flexibility index (Phi) is 4.07. The number of esters is 2. The molecule has 4 aliphatic carbocycles. The Hall–Kier alpha value is -1.41. The summed E-state index contributed by atoms with van der Waals surface area (Å²) in [5, 5.41) is 0. The summed E-state index contributed by atoms with van der Waals surface area (Å²) in [6, 6.07) is 0. The molecule has 9 heteroatoms. The first-order chi connectivity index (χ1) is 11.3. The number of alkyl halides is 5. The van der Waals surface area contributed by atoms with Gasteiger partial charge in [0.05, 0.1) is 6.61 Å². The molecule has 0 aromatic carbocycles. The SMILES string of the molecule is CC(F)(F)C(=O)OCC12CC3CC(C1)CC(OC(=O)C(F)(F)F)(C3)C2. The fraction of sp³-hybridized carbons (Fsp3) is 0.875. The van der Waals surface area contributed by atoms with Crippen molar-refractivity contribution in [2.45, 2.75) is 63.1 Å². The molecule has 4 rings (SSSR count). The van der Waals surface area contributed by atoms with Gasteiger partial charge >= 0.3 is 24.0 Å². The first-order valence-electron chi connectivity index (χ1n) is 8.18. The molecule has 0 heterocycles. The molecular weight excluding hydrogens is 351 g/mol. The van der Waals surface area contributed by atoms with Gasteiger partial charge in [0, 0.05) is 12.3 Å². The minimum atomic E-state index is -5.08. The monoisotopic (exact) mass is 370 g/mol.